The standard InChI is InChI=1S/C17H22O5S/c1-11-4-6-13(7-5-11)23(19,20)22-14-10-17(2,3)9-12-8-15(18)21-16(12)14/h4-7,12,14,16H,8-10H2,1-3H3/t12-,14-,16-/m1/s1. The fraction of sp³-hybridized carbons (Fsp3) is 0.588. The molecule has 6 heteroatoms. The summed E-state index contributed by atoms with van der Waals surface area (Å²) in [6.45, 7) is 6.03. The smallest absolute Gasteiger partial charge is 0.306 e. The van der Waals surface area contributed by atoms with Crippen LogP contribution in [0.25, 0.3) is 0 Å². The number of ether oxygens (including phenoxy) is 1. The number of aryl methyl sites for hydroxylation is 1. The summed E-state index contributed by atoms with van der Waals surface area (Å²) in [6.07, 6.45) is 0.649. The summed E-state index contributed by atoms with van der Waals surface area (Å²) in [5.74, 6) is -0.233. The summed E-state index contributed by atoms with van der Waals surface area (Å²) >= 11 is 0. The van der Waals surface area contributed by atoms with Gasteiger partial charge >= 0.3 is 5.97 Å². The van der Waals surface area contributed by atoms with Gasteiger partial charge in [0, 0.05) is 5.92 Å². The minimum absolute atomic E-state index is 0.0319. The first-order valence-electron chi connectivity index (χ1n) is 7.86. The molecule has 5 nitrogen and oxygen atoms in total. The van der Waals surface area contributed by atoms with Gasteiger partial charge in [-0.05, 0) is 37.3 Å². The third-order valence-electron chi connectivity index (χ3n) is 4.66. The Bertz CT molecular complexity index is 705. The van der Waals surface area contributed by atoms with Crippen molar-refractivity contribution < 1.29 is 22.1 Å². The number of rotatable bonds is 3. The number of fused-ring (bicyclic) bond motifs is 1. The van der Waals surface area contributed by atoms with Crippen LogP contribution in [-0.4, -0.2) is 26.6 Å². The van der Waals surface area contributed by atoms with E-state index in [1.165, 1.54) is 12.1 Å². The van der Waals surface area contributed by atoms with E-state index in [-0.39, 0.29) is 22.2 Å². The quantitative estimate of drug-likeness (QED) is 0.626. The molecule has 126 valence electrons. The van der Waals surface area contributed by atoms with Crippen LogP contribution in [0, 0.1) is 18.3 Å². The molecular formula is C17H22O5S. The molecular weight excluding hydrogens is 316 g/mol. The van der Waals surface area contributed by atoms with Crippen LogP contribution in [0.1, 0.15) is 38.7 Å². The molecule has 2 aliphatic rings. The van der Waals surface area contributed by atoms with Crippen molar-refractivity contribution in [3.63, 3.8) is 0 Å². The number of carbonyl (C=O) groups excluding carboxylic acids is 1. The van der Waals surface area contributed by atoms with Crippen LogP contribution in [0.4, 0.5) is 0 Å². The molecule has 3 atom stereocenters. The highest BCUT2D eigenvalue weighted by atomic mass is 32.2. The molecule has 3 rings (SSSR count). The van der Waals surface area contributed by atoms with E-state index in [0.717, 1.165) is 12.0 Å². The van der Waals surface area contributed by atoms with Gasteiger partial charge in [0.05, 0.1) is 11.3 Å². The summed E-state index contributed by atoms with van der Waals surface area (Å²) in [4.78, 5) is 11.7. The van der Waals surface area contributed by atoms with Crippen LogP contribution in [0.15, 0.2) is 29.2 Å². The van der Waals surface area contributed by atoms with Crippen LogP contribution >= 0.6 is 0 Å². The average Bonchev–Trinajstić information content (AvgIpc) is 2.78. The number of benzene rings is 1. The van der Waals surface area contributed by atoms with Gasteiger partial charge in [0.15, 0.2) is 0 Å². The molecule has 1 aliphatic heterocycles. The van der Waals surface area contributed by atoms with Crippen molar-refractivity contribution >= 4 is 16.1 Å². The summed E-state index contributed by atoms with van der Waals surface area (Å²) in [6, 6.07) is 6.55. The van der Waals surface area contributed by atoms with Gasteiger partial charge in [-0.15, -0.1) is 0 Å². The topological polar surface area (TPSA) is 69.7 Å². The molecule has 1 aliphatic carbocycles. The Balaban J connectivity index is 1.85. The van der Waals surface area contributed by atoms with Crippen molar-refractivity contribution in [3.05, 3.63) is 29.8 Å². The van der Waals surface area contributed by atoms with Crippen LogP contribution < -0.4 is 0 Å². The molecule has 1 heterocycles. The van der Waals surface area contributed by atoms with Crippen molar-refractivity contribution in [1.82, 2.24) is 0 Å². The van der Waals surface area contributed by atoms with Gasteiger partial charge in [-0.3, -0.25) is 8.98 Å². The molecule has 0 aromatic heterocycles. The number of carbonyl (C=O) groups is 1. The Kier molecular flexibility index (Phi) is 4.01. The second kappa shape index (κ2) is 5.60. The number of hydrogen-bond donors (Lipinski definition) is 0. The minimum atomic E-state index is -3.87. The van der Waals surface area contributed by atoms with Crippen LogP contribution in [-0.2, 0) is 23.8 Å². The van der Waals surface area contributed by atoms with E-state index in [1.807, 2.05) is 6.92 Å². The Morgan fingerprint density at radius 3 is 2.48 bits per heavy atom. The molecule has 0 N–H and O–H groups in total. The molecule has 0 spiro atoms. The second-order valence-electron chi connectivity index (χ2n) is 7.39. The average molecular weight is 338 g/mol. The summed E-state index contributed by atoms with van der Waals surface area (Å²) in [5.41, 5.74) is 0.898. The predicted octanol–water partition coefficient (Wildman–Crippen LogP) is 2.82. The zero-order valence-corrected chi connectivity index (χ0v) is 14.4. The molecule has 0 amide bonds. The zero-order chi connectivity index (χ0) is 16.8. The lowest BCUT2D eigenvalue weighted by molar-refractivity contribution is -0.147. The first-order chi connectivity index (χ1) is 10.7. The first kappa shape index (κ1) is 16.5. The van der Waals surface area contributed by atoms with Gasteiger partial charge in [-0.2, -0.15) is 8.42 Å². The molecule has 0 unspecified atom stereocenters. The van der Waals surface area contributed by atoms with Gasteiger partial charge in [-0.25, -0.2) is 0 Å². The lowest BCUT2D eigenvalue weighted by Crippen LogP contribution is -2.44. The van der Waals surface area contributed by atoms with Crippen molar-refractivity contribution in [2.75, 3.05) is 0 Å². The van der Waals surface area contributed by atoms with Crippen LogP contribution in [0.2, 0.25) is 0 Å². The maximum Gasteiger partial charge on any atom is 0.306 e. The molecule has 0 bridgehead atoms. The van der Waals surface area contributed by atoms with Crippen molar-refractivity contribution in [2.45, 2.75) is 57.1 Å². The minimum Gasteiger partial charge on any atom is -0.459 e. The van der Waals surface area contributed by atoms with E-state index >= 15 is 0 Å². The van der Waals surface area contributed by atoms with Crippen LogP contribution in [0.3, 0.4) is 0 Å². The van der Waals surface area contributed by atoms with Gasteiger partial charge in [0.2, 0.25) is 0 Å². The van der Waals surface area contributed by atoms with E-state index in [9.17, 15) is 13.2 Å². The highest BCUT2D eigenvalue weighted by Gasteiger charge is 2.50. The van der Waals surface area contributed by atoms with E-state index in [0.29, 0.717) is 12.8 Å². The molecule has 1 aromatic carbocycles. The lowest BCUT2D eigenvalue weighted by Gasteiger charge is -2.40. The fourth-order valence-corrected chi connectivity index (χ4v) is 4.74. The Hall–Kier alpha value is -1.40. The van der Waals surface area contributed by atoms with Gasteiger partial charge in [0.1, 0.15) is 12.2 Å². The Morgan fingerprint density at radius 2 is 1.83 bits per heavy atom. The SMILES string of the molecule is Cc1ccc(S(=O)(=O)O[C@@H]2CC(C)(C)C[C@H]3CC(=O)O[C@H]32)cc1. The Labute approximate surface area is 137 Å². The predicted molar refractivity (Wildman–Crippen MR) is 84.2 cm³/mol. The summed E-state index contributed by atoms with van der Waals surface area (Å²) < 4.78 is 35.9. The third kappa shape index (κ3) is 3.43. The Morgan fingerprint density at radius 1 is 1.17 bits per heavy atom. The maximum absolute atomic E-state index is 12.5. The maximum atomic E-state index is 12.5. The third-order valence-corrected chi connectivity index (χ3v) is 6.01. The van der Waals surface area contributed by atoms with Gasteiger partial charge in [0.25, 0.3) is 10.1 Å². The molecule has 1 aromatic rings. The van der Waals surface area contributed by atoms with E-state index < -0.39 is 22.3 Å². The number of esters is 1. The highest BCUT2D eigenvalue weighted by molar-refractivity contribution is 7.86. The number of hydrogen-bond acceptors (Lipinski definition) is 5. The molecule has 1 saturated carbocycles. The molecule has 2 fully saturated rings. The van der Waals surface area contributed by atoms with Gasteiger partial charge in [-0.1, -0.05) is 31.5 Å². The zero-order valence-electron chi connectivity index (χ0n) is 13.6. The summed E-state index contributed by atoms with van der Waals surface area (Å²) in [5, 5.41) is 0. The normalized spacial score (nSPS) is 29.9. The first-order valence-corrected chi connectivity index (χ1v) is 9.27. The van der Waals surface area contributed by atoms with Crippen molar-refractivity contribution in [3.8, 4) is 0 Å². The highest BCUT2D eigenvalue weighted by Crippen LogP contribution is 2.46. The van der Waals surface area contributed by atoms with E-state index in [2.05, 4.69) is 13.8 Å². The summed E-state index contributed by atoms with van der Waals surface area (Å²) in [7, 11) is -3.87. The van der Waals surface area contributed by atoms with Gasteiger partial charge < -0.3 is 4.74 Å². The van der Waals surface area contributed by atoms with Crippen molar-refractivity contribution in [2.24, 2.45) is 11.3 Å². The monoisotopic (exact) mass is 338 g/mol. The second-order valence-corrected chi connectivity index (χ2v) is 8.97. The fourth-order valence-electron chi connectivity index (χ4n) is 3.66. The largest absolute Gasteiger partial charge is 0.459 e. The van der Waals surface area contributed by atoms with Crippen LogP contribution in [0.5, 0.6) is 0 Å². The molecule has 0 radical (unpaired) electrons. The van der Waals surface area contributed by atoms with E-state index in [4.69, 9.17) is 8.92 Å². The van der Waals surface area contributed by atoms with Crippen molar-refractivity contribution in [1.29, 1.82) is 0 Å². The lowest BCUT2D eigenvalue weighted by atomic mass is 9.69. The van der Waals surface area contributed by atoms with E-state index in [1.54, 1.807) is 12.1 Å². The molecule has 1 saturated heterocycles. The molecule has 23 heavy (non-hydrogen) atoms.